The Balaban J connectivity index is 1.54. The van der Waals surface area contributed by atoms with Gasteiger partial charge in [-0.3, -0.25) is 4.90 Å². The van der Waals surface area contributed by atoms with Crippen LogP contribution in [0.5, 0.6) is 11.5 Å². The van der Waals surface area contributed by atoms with Crippen molar-refractivity contribution in [2.24, 2.45) is 0 Å². The van der Waals surface area contributed by atoms with Crippen LogP contribution in [0.4, 0.5) is 5.82 Å². The minimum Gasteiger partial charge on any atom is -0.490 e. The van der Waals surface area contributed by atoms with E-state index in [9.17, 15) is 0 Å². The smallest absolute Gasteiger partial charge is 0.162 e. The number of aromatic nitrogens is 2. The molecule has 0 atom stereocenters. The Morgan fingerprint density at radius 3 is 2.62 bits per heavy atom. The number of terminal acetylenes is 1. The number of anilines is 1. The standard InChI is InChI=1S/C26H34N4O2/c1-5-15-32-23-10-9-20(16-24(23)31-6-2)17-29-14-11-21-22(18-29)27-25(19(3)4)28-26(21)30-12-7-8-13-30/h1,9-10,16,19H,6-8,11-15,17-18H2,2-4H3. The predicted molar refractivity (Wildman–Crippen MR) is 127 cm³/mol. The second-order valence-corrected chi connectivity index (χ2v) is 8.85. The Labute approximate surface area is 192 Å². The van der Waals surface area contributed by atoms with Gasteiger partial charge in [-0.25, -0.2) is 9.97 Å². The van der Waals surface area contributed by atoms with Crippen LogP contribution in [0.2, 0.25) is 0 Å². The van der Waals surface area contributed by atoms with Gasteiger partial charge in [0.25, 0.3) is 0 Å². The van der Waals surface area contributed by atoms with Gasteiger partial charge < -0.3 is 14.4 Å². The van der Waals surface area contributed by atoms with E-state index in [1.807, 2.05) is 13.0 Å². The van der Waals surface area contributed by atoms with E-state index in [0.717, 1.165) is 50.7 Å². The lowest BCUT2D eigenvalue weighted by molar-refractivity contribution is 0.239. The molecule has 1 aromatic heterocycles. The van der Waals surface area contributed by atoms with Gasteiger partial charge in [0.05, 0.1) is 12.3 Å². The Kier molecular flexibility index (Phi) is 7.16. The number of rotatable bonds is 8. The van der Waals surface area contributed by atoms with Crippen molar-refractivity contribution in [3.8, 4) is 23.8 Å². The van der Waals surface area contributed by atoms with Gasteiger partial charge in [-0.2, -0.15) is 0 Å². The van der Waals surface area contributed by atoms with Crippen LogP contribution < -0.4 is 14.4 Å². The second-order valence-electron chi connectivity index (χ2n) is 8.85. The van der Waals surface area contributed by atoms with Crippen LogP contribution in [-0.4, -0.2) is 47.7 Å². The van der Waals surface area contributed by atoms with Crippen LogP contribution >= 0.6 is 0 Å². The fourth-order valence-electron chi connectivity index (χ4n) is 4.48. The van der Waals surface area contributed by atoms with Crippen LogP contribution in [0.25, 0.3) is 0 Å². The minimum atomic E-state index is 0.236. The van der Waals surface area contributed by atoms with Crippen LogP contribution in [0, 0.1) is 12.3 Å². The molecule has 0 unspecified atom stereocenters. The first-order valence-corrected chi connectivity index (χ1v) is 11.8. The molecule has 0 saturated carbocycles. The minimum absolute atomic E-state index is 0.236. The van der Waals surface area contributed by atoms with Crippen LogP contribution in [0.15, 0.2) is 18.2 Å². The maximum atomic E-state index is 5.80. The van der Waals surface area contributed by atoms with Crippen LogP contribution in [-0.2, 0) is 19.5 Å². The van der Waals surface area contributed by atoms with E-state index in [2.05, 4.69) is 41.7 Å². The molecule has 2 aromatic rings. The fraction of sp³-hybridized carbons (Fsp3) is 0.538. The third kappa shape index (κ3) is 4.99. The highest BCUT2D eigenvalue weighted by Crippen LogP contribution is 2.32. The van der Waals surface area contributed by atoms with E-state index in [4.69, 9.17) is 25.9 Å². The van der Waals surface area contributed by atoms with Gasteiger partial charge in [0.15, 0.2) is 11.5 Å². The number of hydrogen-bond donors (Lipinski definition) is 0. The quantitative estimate of drug-likeness (QED) is 0.581. The maximum Gasteiger partial charge on any atom is 0.162 e. The summed E-state index contributed by atoms with van der Waals surface area (Å²) < 4.78 is 11.4. The molecule has 6 nitrogen and oxygen atoms in total. The number of benzene rings is 1. The Hall–Kier alpha value is -2.78. The van der Waals surface area contributed by atoms with Crippen molar-refractivity contribution in [2.75, 3.05) is 37.7 Å². The van der Waals surface area contributed by atoms with Gasteiger partial charge >= 0.3 is 0 Å². The molecule has 1 aromatic carbocycles. The molecule has 2 aliphatic heterocycles. The molecule has 0 bridgehead atoms. The van der Waals surface area contributed by atoms with E-state index in [1.165, 1.54) is 35.5 Å². The maximum absolute atomic E-state index is 5.80. The zero-order valence-corrected chi connectivity index (χ0v) is 19.6. The lowest BCUT2D eigenvalue weighted by Crippen LogP contribution is -2.33. The summed E-state index contributed by atoms with van der Waals surface area (Å²) in [5.74, 6) is 6.42. The summed E-state index contributed by atoms with van der Waals surface area (Å²) in [5.41, 5.74) is 3.74. The Bertz CT molecular complexity index is 977. The highest BCUT2D eigenvalue weighted by atomic mass is 16.5. The number of hydrogen-bond acceptors (Lipinski definition) is 6. The fourth-order valence-corrected chi connectivity index (χ4v) is 4.48. The molecule has 0 N–H and O–H groups in total. The Morgan fingerprint density at radius 1 is 1.09 bits per heavy atom. The zero-order valence-electron chi connectivity index (χ0n) is 19.6. The topological polar surface area (TPSA) is 50.7 Å². The molecular weight excluding hydrogens is 400 g/mol. The molecule has 1 saturated heterocycles. The molecule has 170 valence electrons. The summed E-state index contributed by atoms with van der Waals surface area (Å²) in [6.07, 6.45) is 8.83. The molecule has 2 aliphatic rings. The molecular formula is C26H34N4O2. The summed E-state index contributed by atoms with van der Waals surface area (Å²) in [4.78, 5) is 14.9. The van der Waals surface area contributed by atoms with Crippen LogP contribution in [0.3, 0.4) is 0 Å². The van der Waals surface area contributed by atoms with Crippen molar-refractivity contribution in [1.29, 1.82) is 0 Å². The third-order valence-electron chi connectivity index (χ3n) is 6.09. The summed E-state index contributed by atoms with van der Waals surface area (Å²) in [7, 11) is 0. The highest BCUT2D eigenvalue weighted by molar-refractivity contribution is 5.51. The average molecular weight is 435 g/mol. The van der Waals surface area contributed by atoms with E-state index in [0.29, 0.717) is 18.3 Å². The van der Waals surface area contributed by atoms with Gasteiger partial charge in [0.2, 0.25) is 0 Å². The van der Waals surface area contributed by atoms with Gasteiger partial charge in [0, 0.05) is 44.2 Å². The number of ether oxygens (including phenoxy) is 2. The summed E-state index contributed by atoms with van der Waals surface area (Å²) in [6.45, 7) is 12.1. The summed E-state index contributed by atoms with van der Waals surface area (Å²) in [6, 6.07) is 6.12. The lowest BCUT2D eigenvalue weighted by atomic mass is 10.0. The second kappa shape index (κ2) is 10.2. The molecule has 4 rings (SSSR count). The SMILES string of the molecule is C#CCOc1ccc(CN2CCc3c(nc(C(C)C)nc3N3CCCC3)C2)cc1OCC. The van der Waals surface area contributed by atoms with Gasteiger partial charge in [-0.05, 0) is 43.9 Å². The van der Waals surface area contributed by atoms with Crippen molar-refractivity contribution >= 4 is 5.82 Å². The van der Waals surface area contributed by atoms with Crippen molar-refractivity contribution in [2.45, 2.75) is 59.0 Å². The molecule has 0 amide bonds. The average Bonchev–Trinajstić information content (AvgIpc) is 3.32. The van der Waals surface area contributed by atoms with E-state index < -0.39 is 0 Å². The highest BCUT2D eigenvalue weighted by Gasteiger charge is 2.27. The largest absolute Gasteiger partial charge is 0.490 e. The summed E-state index contributed by atoms with van der Waals surface area (Å²) >= 11 is 0. The Morgan fingerprint density at radius 2 is 1.91 bits per heavy atom. The molecule has 0 aliphatic carbocycles. The van der Waals surface area contributed by atoms with E-state index in [-0.39, 0.29) is 6.61 Å². The van der Waals surface area contributed by atoms with Gasteiger partial charge in [0.1, 0.15) is 18.2 Å². The number of nitrogens with zero attached hydrogens (tertiary/aromatic N) is 4. The van der Waals surface area contributed by atoms with Gasteiger partial charge in [-0.1, -0.05) is 25.8 Å². The summed E-state index contributed by atoms with van der Waals surface area (Å²) in [5, 5.41) is 0. The van der Waals surface area contributed by atoms with E-state index in [1.54, 1.807) is 0 Å². The number of fused-ring (bicyclic) bond motifs is 1. The molecule has 1 fully saturated rings. The van der Waals surface area contributed by atoms with Crippen molar-refractivity contribution in [3.05, 3.63) is 40.8 Å². The van der Waals surface area contributed by atoms with Crippen molar-refractivity contribution in [3.63, 3.8) is 0 Å². The lowest BCUT2D eigenvalue weighted by Gasteiger charge is -2.32. The molecule has 0 radical (unpaired) electrons. The monoisotopic (exact) mass is 434 g/mol. The third-order valence-corrected chi connectivity index (χ3v) is 6.09. The van der Waals surface area contributed by atoms with Crippen LogP contribution in [0.1, 0.15) is 62.2 Å². The first-order chi connectivity index (χ1) is 15.6. The molecule has 32 heavy (non-hydrogen) atoms. The predicted octanol–water partition coefficient (Wildman–Crippen LogP) is 4.17. The van der Waals surface area contributed by atoms with Crippen molar-refractivity contribution in [1.82, 2.24) is 14.9 Å². The molecule has 3 heterocycles. The van der Waals surface area contributed by atoms with Crippen molar-refractivity contribution < 1.29 is 9.47 Å². The zero-order chi connectivity index (χ0) is 22.5. The first-order valence-electron chi connectivity index (χ1n) is 11.8. The van der Waals surface area contributed by atoms with E-state index >= 15 is 0 Å². The normalized spacial score (nSPS) is 16.2. The van der Waals surface area contributed by atoms with Gasteiger partial charge in [-0.15, -0.1) is 6.42 Å². The molecule has 6 heteroatoms. The molecule has 0 spiro atoms. The first kappa shape index (κ1) is 22.4.